The van der Waals surface area contributed by atoms with Gasteiger partial charge in [0.05, 0.1) is 5.69 Å². The van der Waals surface area contributed by atoms with Crippen LogP contribution in [0.2, 0.25) is 0 Å². The van der Waals surface area contributed by atoms with E-state index in [2.05, 4.69) is 29.1 Å². The fourth-order valence-electron chi connectivity index (χ4n) is 2.01. The zero-order chi connectivity index (χ0) is 12.7. The van der Waals surface area contributed by atoms with Crippen molar-refractivity contribution >= 4 is 0 Å². The molecule has 1 heterocycles. The van der Waals surface area contributed by atoms with E-state index in [0.717, 1.165) is 30.9 Å². The van der Waals surface area contributed by atoms with Gasteiger partial charge in [0.1, 0.15) is 5.60 Å². The molecule has 0 aliphatic carbocycles. The fraction of sp³-hybridized carbons (Fsp3) is 0.692. The highest BCUT2D eigenvalue weighted by atomic mass is 16.5. The summed E-state index contributed by atoms with van der Waals surface area (Å²) in [5.74, 6) is 0.803. The van der Waals surface area contributed by atoms with Crippen molar-refractivity contribution in [2.24, 2.45) is 0 Å². The third kappa shape index (κ3) is 3.23. The van der Waals surface area contributed by atoms with E-state index in [9.17, 15) is 0 Å². The van der Waals surface area contributed by atoms with E-state index in [0.29, 0.717) is 6.61 Å². The summed E-state index contributed by atoms with van der Waals surface area (Å²) < 4.78 is 5.90. The van der Waals surface area contributed by atoms with Crippen molar-refractivity contribution < 1.29 is 4.74 Å². The monoisotopic (exact) mass is 237 g/mol. The lowest BCUT2D eigenvalue weighted by Gasteiger charge is -2.30. The summed E-state index contributed by atoms with van der Waals surface area (Å²) in [7, 11) is 1.91. The Bertz CT molecular complexity index is 337. The van der Waals surface area contributed by atoms with Gasteiger partial charge in [-0.15, -0.1) is 0 Å². The molecule has 17 heavy (non-hydrogen) atoms. The van der Waals surface area contributed by atoms with Gasteiger partial charge in [-0.3, -0.25) is 0 Å². The predicted octanol–water partition coefficient (Wildman–Crippen LogP) is 2.25. The SMILES string of the molecule is CCOC(CC)(CC)c1nccc(CNC)n1. The first-order valence-corrected chi connectivity index (χ1v) is 6.33. The number of hydrogen-bond donors (Lipinski definition) is 1. The zero-order valence-corrected chi connectivity index (χ0v) is 11.3. The van der Waals surface area contributed by atoms with Crippen LogP contribution in [0.15, 0.2) is 12.3 Å². The molecule has 1 aromatic heterocycles. The van der Waals surface area contributed by atoms with Crippen LogP contribution in [0.3, 0.4) is 0 Å². The molecule has 4 nitrogen and oxygen atoms in total. The summed E-state index contributed by atoms with van der Waals surface area (Å²) in [5.41, 5.74) is 0.668. The van der Waals surface area contributed by atoms with Gasteiger partial charge in [0.2, 0.25) is 0 Å². The zero-order valence-electron chi connectivity index (χ0n) is 11.3. The van der Waals surface area contributed by atoms with Crippen LogP contribution in [0.5, 0.6) is 0 Å². The maximum Gasteiger partial charge on any atom is 0.160 e. The molecule has 0 spiro atoms. The highest BCUT2D eigenvalue weighted by Crippen LogP contribution is 2.30. The van der Waals surface area contributed by atoms with Gasteiger partial charge in [0, 0.05) is 19.3 Å². The lowest BCUT2D eigenvalue weighted by molar-refractivity contribution is -0.0573. The summed E-state index contributed by atoms with van der Waals surface area (Å²) in [6.07, 6.45) is 3.59. The van der Waals surface area contributed by atoms with Crippen molar-refractivity contribution in [2.45, 2.75) is 45.8 Å². The van der Waals surface area contributed by atoms with Crippen molar-refractivity contribution in [1.29, 1.82) is 0 Å². The van der Waals surface area contributed by atoms with Crippen LogP contribution in [0.1, 0.15) is 45.1 Å². The lowest BCUT2D eigenvalue weighted by atomic mass is 9.96. The van der Waals surface area contributed by atoms with E-state index < -0.39 is 0 Å². The van der Waals surface area contributed by atoms with Gasteiger partial charge in [-0.2, -0.15) is 0 Å². The van der Waals surface area contributed by atoms with Crippen LogP contribution in [0.25, 0.3) is 0 Å². The van der Waals surface area contributed by atoms with Crippen molar-refractivity contribution in [3.05, 3.63) is 23.8 Å². The van der Waals surface area contributed by atoms with Gasteiger partial charge in [-0.05, 0) is 32.9 Å². The molecule has 0 aliphatic heterocycles. The molecule has 0 saturated heterocycles. The molecule has 0 fully saturated rings. The van der Waals surface area contributed by atoms with Crippen LogP contribution >= 0.6 is 0 Å². The van der Waals surface area contributed by atoms with Crippen LogP contribution < -0.4 is 5.32 Å². The van der Waals surface area contributed by atoms with E-state index in [4.69, 9.17) is 4.74 Å². The topological polar surface area (TPSA) is 47.0 Å². The molecule has 96 valence electrons. The van der Waals surface area contributed by atoms with Crippen LogP contribution in [0.4, 0.5) is 0 Å². The number of aromatic nitrogens is 2. The van der Waals surface area contributed by atoms with E-state index in [1.807, 2.05) is 26.2 Å². The van der Waals surface area contributed by atoms with Gasteiger partial charge in [-0.1, -0.05) is 13.8 Å². The summed E-state index contributed by atoms with van der Waals surface area (Å²) in [5, 5.41) is 3.10. The Morgan fingerprint density at radius 1 is 1.29 bits per heavy atom. The van der Waals surface area contributed by atoms with Crippen molar-refractivity contribution in [1.82, 2.24) is 15.3 Å². The van der Waals surface area contributed by atoms with Gasteiger partial charge in [0.25, 0.3) is 0 Å². The maximum absolute atomic E-state index is 5.90. The van der Waals surface area contributed by atoms with Gasteiger partial charge < -0.3 is 10.1 Å². The molecule has 0 saturated carbocycles. The van der Waals surface area contributed by atoms with Gasteiger partial charge >= 0.3 is 0 Å². The number of nitrogens with one attached hydrogen (secondary N) is 1. The lowest BCUT2D eigenvalue weighted by Crippen LogP contribution is -2.31. The molecule has 1 aromatic rings. The molecular weight excluding hydrogens is 214 g/mol. The molecule has 0 unspecified atom stereocenters. The first-order chi connectivity index (χ1) is 8.22. The molecule has 0 aromatic carbocycles. The predicted molar refractivity (Wildman–Crippen MR) is 68.7 cm³/mol. The van der Waals surface area contributed by atoms with E-state index in [1.165, 1.54) is 0 Å². The molecule has 0 aliphatic rings. The largest absolute Gasteiger partial charge is 0.367 e. The Hall–Kier alpha value is -1.00. The molecule has 1 N–H and O–H groups in total. The highest BCUT2D eigenvalue weighted by molar-refractivity contribution is 5.08. The molecule has 0 bridgehead atoms. The van der Waals surface area contributed by atoms with Crippen molar-refractivity contribution in [2.75, 3.05) is 13.7 Å². The average molecular weight is 237 g/mol. The first-order valence-electron chi connectivity index (χ1n) is 6.33. The molecule has 0 atom stereocenters. The minimum absolute atomic E-state index is 0.335. The summed E-state index contributed by atoms with van der Waals surface area (Å²) in [6.45, 7) is 7.69. The van der Waals surface area contributed by atoms with Crippen LogP contribution in [0, 0.1) is 0 Å². The summed E-state index contributed by atoms with van der Waals surface area (Å²) >= 11 is 0. The Labute approximate surface area is 104 Å². The van der Waals surface area contributed by atoms with Crippen LogP contribution in [-0.4, -0.2) is 23.6 Å². The molecule has 4 heteroatoms. The Morgan fingerprint density at radius 3 is 2.53 bits per heavy atom. The quantitative estimate of drug-likeness (QED) is 0.790. The number of hydrogen-bond acceptors (Lipinski definition) is 4. The van der Waals surface area contributed by atoms with Crippen molar-refractivity contribution in [3.63, 3.8) is 0 Å². The van der Waals surface area contributed by atoms with E-state index in [1.54, 1.807) is 0 Å². The molecule has 0 radical (unpaired) electrons. The van der Waals surface area contributed by atoms with E-state index in [-0.39, 0.29) is 5.60 Å². The highest BCUT2D eigenvalue weighted by Gasteiger charge is 2.32. The molecular formula is C13H23N3O. The average Bonchev–Trinajstić information content (AvgIpc) is 2.37. The normalized spacial score (nSPS) is 11.8. The minimum Gasteiger partial charge on any atom is -0.367 e. The molecule has 0 amide bonds. The minimum atomic E-state index is -0.335. The second-order valence-corrected chi connectivity index (χ2v) is 4.04. The first kappa shape index (κ1) is 14.1. The van der Waals surface area contributed by atoms with Gasteiger partial charge in [-0.25, -0.2) is 9.97 Å². The standard InChI is InChI=1S/C13H23N3O/c1-5-13(6-2,17-7-3)12-15-9-8-11(16-12)10-14-4/h8-9,14H,5-7,10H2,1-4H3. The third-order valence-corrected chi connectivity index (χ3v) is 3.04. The smallest absolute Gasteiger partial charge is 0.160 e. The fourth-order valence-corrected chi connectivity index (χ4v) is 2.01. The summed E-state index contributed by atoms with van der Waals surface area (Å²) in [6, 6.07) is 1.93. The Kier molecular flexibility index (Phi) is 5.51. The third-order valence-electron chi connectivity index (χ3n) is 3.04. The second-order valence-electron chi connectivity index (χ2n) is 4.04. The Morgan fingerprint density at radius 2 is 2.00 bits per heavy atom. The summed E-state index contributed by atoms with van der Waals surface area (Å²) in [4.78, 5) is 8.99. The number of nitrogens with zero attached hydrogens (tertiary/aromatic N) is 2. The maximum atomic E-state index is 5.90. The van der Waals surface area contributed by atoms with Crippen molar-refractivity contribution in [3.8, 4) is 0 Å². The van der Waals surface area contributed by atoms with E-state index >= 15 is 0 Å². The van der Waals surface area contributed by atoms with Gasteiger partial charge in [0.15, 0.2) is 5.82 Å². The Balaban J connectivity index is 3.04. The molecule has 1 rings (SSSR count). The van der Waals surface area contributed by atoms with Crippen LogP contribution in [-0.2, 0) is 16.9 Å². The number of rotatable bonds is 7. The second kappa shape index (κ2) is 6.67. The number of ether oxygens (including phenoxy) is 1.